The first-order valence-corrected chi connectivity index (χ1v) is 9.08. The second kappa shape index (κ2) is 6.73. The van der Waals surface area contributed by atoms with Crippen molar-refractivity contribution in [1.29, 1.82) is 5.26 Å². The van der Waals surface area contributed by atoms with Crippen LogP contribution in [0.15, 0.2) is 48.7 Å². The summed E-state index contributed by atoms with van der Waals surface area (Å²) in [6, 6.07) is 16.3. The number of nitriles is 1. The third-order valence-electron chi connectivity index (χ3n) is 5.12. The SMILES string of the molecule is CCc1ccccc1-c1cc(N)c2cnc(NC(=O)[C@H]3C[C@@H]3C#N)cc2c1. The molecule has 1 aliphatic rings. The van der Waals surface area contributed by atoms with E-state index in [0.29, 0.717) is 17.9 Å². The molecule has 5 nitrogen and oxygen atoms in total. The van der Waals surface area contributed by atoms with Gasteiger partial charge in [-0.05, 0) is 53.1 Å². The van der Waals surface area contributed by atoms with E-state index in [1.807, 2.05) is 24.3 Å². The fraction of sp³-hybridized carbons (Fsp3) is 0.227. The molecule has 27 heavy (non-hydrogen) atoms. The molecule has 0 spiro atoms. The standard InChI is InChI=1S/C22H20N4O/c1-2-13-5-3-4-6-17(13)14-7-15-10-21(25-12-19(15)20(24)9-14)26-22(27)18-8-16(18)11-23/h3-7,9-10,12,16,18H,2,8,24H2,1H3,(H,25,26,27)/t16-,18+/m1/s1. The van der Waals surface area contributed by atoms with Gasteiger partial charge in [0.25, 0.3) is 0 Å². The predicted molar refractivity (Wildman–Crippen MR) is 107 cm³/mol. The van der Waals surface area contributed by atoms with Crippen LogP contribution >= 0.6 is 0 Å². The van der Waals surface area contributed by atoms with Crippen molar-refractivity contribution in [2.24, 2.45) is 11.8 Å². The zero-order valence-electron chi connectivity index (χ0n) is 15.1. The van der Waals surface area contributed by atoms with E-state index in [0.717, 1.165) is 28.3 Å². The molecule has 1 saturated carbocycles. The number of nitrogens with two attached hydrogens (primary N) is 1. The number of nitrogen functional groups attached to an aromatic ring is 1. The highest BCUT2D eigenvalue weighted by molar-refractivity contribution is 6.00. The summed E-state index contributed by atoms with van der Waals surface area (Å²) in [7, 11) is 0. The van der Waals surface area contributed by atoms with Crippen LogP contribution in [0.2, 0.25) is 0 Å². The summed E-state index contributed by atoms with van der Waals surface area (Å²) in [5.74, 6) is -0.0520. The molecular formula is C22H20N4O. The second-order valence-electron chi connectivity index (χ2n) is 6.93. The van der Waals surface area contributed by atoms with Crippen LogP contribution in [-0.4, -0.2) is 10.9 Å². The van der Waals surface area contributed by atoms with Gasteiger partial charge in [0.05, 0.1) is 17.9 Å². The van der Waals surface area contributed by atoms with E-state index in [9.17, 15) is 4.79 Å². The number of amides is 1. The van der Waals surface area contributed by atoms with Gasteiger partial charge < -0.3 is 11.1 Å². The van der Waals surface area contributed by atoms with Crippen molar-refractivity contribution >= 4 is 28.2 Å². The molecule has 0 radical (unpaired) electrons. The van der Waals surface area contributed by atoms with Crippen molar-refractivity contribution in [1.82, 2.24) is 4.98 Å². The van der Waals surface area contributed by atoms with Crippen LogP contribution in [0.5, 0.6) is 0 Å². The minimum Gasteiger partial charge on any atom is -0.398 e. The van der Waals surface area contributed by atoms with E-state index in [2.05, 4.69) is 41.5 Å². The Morgan fingerprint density at radius 3 is 2.89 bits per heavy atom. The second-order valence-corrected chi connectivity index (χ2v) is 6.93. The van der Waals surface area contributed by atoms with E-state index < -0.39 is 0 Å². The van der Waals surface area contributed by atoms with Crippen molar-refractivity contribution in [3.8, 4) is 17.2 Å². The number of anilines is 2. The summed E-state index contributed by atoms with van der Waals surface area (Å²) in [5.41, 5.74) is 10.4. The van der Waals surface area contributed by atoms with Gasteiger partial charge in [0.15, 0.2) is 0 Å². The van der Waals surface area contributed by atoms with E-state index in [-0.39, 0.29) is 17.7 Å². The Morgan fingerprint density at radius 1 is 1.33 bits per heavy atom. The summed E-state index contributed by atoms with van der Waals surface area (Å²) < 4.78 is 0. The van der Waals surface area contributed by atoms with Gasteiger partial charge in [0.1, 0.15) is 5.82 Å². The number of nitrogens with one attached hydrogen (secondary N) is 1. The maximum atomic E-state index is 12.2. The first kappa shape index (κ1) is 17.0. The predicted octanol–water partition coefficient (Wildman–Crippen LogP) is 4.14. The number of fused-ring (bicyclic) bond motifs is 1. The largest absolute Gasteiger partial charge is 0.398 e. The van der Waals surface area contributed by atoms with Crippen molar-refractivity contribution in [3.05, 3.63) is 54.2 Å². The fourth-order valence-electron chi connectivity index (χ4n) is 3.47. The number of carbonyl (C=O) groups is 1. The van der Waals surface area contributed by atoms with E-state index in [1.54, 1.807) is 6.20 Å². The number of nitrogens with zero attached hydrogens (tertiary/aromatic N) is 2. The van der Waals surface area contributed by atoms with Crippen LogP contribution in [0.4, 0.5) is 11.5 Å². The Morgan fingerprint density at radius 2 is 2.15 bits per heavy atom. The van der Waals surface area contributed by atoms with Crippen molar-refractivity contribution in [2.75, 3.05) is 11.1 Å². The number of hydrogen-bond acceptors (Lipinski definition) is 4. The summed E-state index contributed by atoms with van der Waals surface area (Å²) in [6.07, 6.45) is 3.25. The third-order valence-corrected chi connectivity index (χ3v) is 5.12. The lowest BCUT2D eigenvalue weighted by molar-refractivity contribution is -0.117. The third kappa shape index (κ3) is 3.22. The van der Waals surface area contributed by atoms with Crippen LogP contribution in [0.25, 0.3) is 21.9 Å². The molecule has 4 rings (SSSR count). The van der Waals surface area contributed by atoms with Gasteiger partial charge in [-0.1, -0.05) is 31.2 Å². The van der Waals surface area contributed by atoms with E-state index in [1.165, 1.54) is 5.56 Å². The first-order chi connectivity index (χ1) is 13.1. The Kier molecular flexibility index (Phi) is 4.25. The Bertz CT molecular complexity index is 1080. The molecule has 1 aromatic heterocycles. The quantitative estimate of drug-likeness (QED) is 0.687. The Balaban J connectivity index is 1.70. The smallest absolute Gasteiger partial charge is 0.230 e. The van der Waals surface area contributed by atoms with E-state index in [4.69, 9.17) is 11.0 Å². The highest BCUT2D eigenvalue weighted by Gasteiger charge is 2.43. The minimum atomic E-state index is -0.222. The summed E-state index contributed by atoms with van der Waals surface area (Å²) in [5, 5.41) is 13.5. The van der Waals surface area contributed by atoms with Crippen LogP contribution in [-0.2, 0) is 11.2 Å². The number of rotatable bonds is 4. The summed E-state index contributed by atoms with van der Waals surface area (Å²) in [6.45, 7) is 2.13. The number of pyridine rings is 1. The Labute approximate surface area is 157 Å². The summed E-state index contributed by atoms with van der Waals surface area (Å²) >= 11 is 0. The molecule has 1 aliphatic carbocycles. The molecule has 1 heterocycles. The zero-order valence-corrected chi connectivity index (χ0v) is 15.1. The van der Waals surface area contributed by atoms with Crippen molar-refractivity contribution in [3.63, 3.8) is 0 Å². The van der Waals surface area contributed by atoms with Gasteiger partial charge in [-0.2, -0.15) is 5.26 Å². The minimum absolute atomic E-state index is 0.145. The van der Waals surface area contributed by atoms with Crippen LogP contribution in [0, 0.1) is 23.2 Å². The molecule has 0 saturated heterocycles. The molecule has 2 aromatic carbocycles. The molecule has 2 atom stereocenters. The average molecular weight is 356 g/mol. The summed E-state index contributed by atoms with van der Waals surface area (Å²) in [4.78, 5) is 16.5. The first-order valence-electron chi connectivity index (χ1n) is 9.08. The maximum Gasteiger partial charge on any atom is 0.230 e. The maximum absolute atomic E-state index is 12.2. The van der Waals surface area contributed by atoms with Crippen LogP contribution < -0.4 is 11.1 Å². The molecular weight excluding hydrogens is 336 g/mol. The number of benzene rings is 2. The normalized spacial score (nSPS) is 18.1. The molecule has 0 aliphatic heterocycles. The van der Waals surface area contributed by atoms with Crippen molar-refractivity contribution in [2.45, 2.75) is 19.8 Å². The van der Waals surface area contributed by atoms with Crippen molar-refractivity contribution < 1.29 is 4.79 Å². The number of hydrogen-bond donors (Lipinski definition) is 2. The van der Waals surface area contributed by atoms with Gasteiger partial charge in [0.2, 0.25) is 5.91 Å². The topological polar surface area (TPSA) is 91.8 Å². The molecule has 0 bridgehead atoms. The van der Waals surface area contributed by atoms with Crippen LogP contribution in [0.3, 0.4) is 0 Å². The highest BCUT2D eigenvalue weighted by Crippen LogP contribution is 2.38. The molecule has 3 aromatic rings. The number of carbonyl (C=O) groups excluding carboxylic acids is 1. The lowest BCUT2D eigenvalue weighted by Crippen LogP contribution is -2.15. The number of aryl methyl sites for hydroxylation is 1. The highest BCUT2D eigenvalue weighted by atomic mass is 16.2. The fourth-order valence-corrected chi connectivity index (χ4v) is 3.47. The molecule has 134 valence electrons. The Hall–Kier alpha value is -3.39. The average Bonchev–Trinajstić information content (AvgIpc) is 3.47. The molecule has 1 amide bonds. The van der Waals surface area contributed by atoms with E-state index >= 15 is 0 Å². The van der Waals surface area contributed by atoms with Gasteiger partial charge in [0, 0.05) is 17.3 Å². The zero-order chi connectivity index (χ0) is 19.0. The van der Waals surface area contributed by atoms with Gasteiger partial charge >= 0.3 is 0 Å². The molecule has 1 fully saturated rings. The lowest BCUT2D eigenvalue weighted by atomic mass is 9.95. The van der Waals surface area contributed by atoms with Gasteiger partial charge in [-0.3, -0.25) is 4.79 Å². The van der Waals surface area contributed by atoms with Gasteiger partial charge in [-0.15, -0.1) is 0 Å². The molecule has 3 N–H and O–H groups in total. The molecule has 0 unspecified atom stereocenters. The van der Waals surface area contributed by atoms with Crippen LogP contribution in [0.1, 0.15) is 18.9 Å². The lowest BCUT2D eigenvalue weighted by Gasteiger charge is -2.12. The molecule has 5 heteroatoms. The number of aromatic nitrogens is 1. The monoisotopic (exact) mass is 356 g/mol. The van der Waals surface area contributed by atoms with Gasteiger partial charge in [-0.25, -0.2) is 4.98 Å².